The molecular formula is C13H17ClN4O. The molecule has 1 aliphatic heterocycles. The number of ether oxygens (including phenoxy) is 1. The number of pyridine rings is 1. The lowest BCUT2D eigenvalue weighted by Gasteiger charge is -2.30. The van der Waals surface area contributed by atoms with Crippen LogP contribution >= 0.6 is 11.6 Å². The van der Waals surface area contributed by atoms with Crippen molar-refractivity contribution in [3.05, 3.63) is 23.7 Å². The number of nitrogens with zero attached hydrogens (tertiary/aromatic N) is 4. The first-order valence-corrected chi connectivity index (χ1v) is 7.07. The van der Waals surface area contributed by atoms with Crippen molar-refractivity contribution in [1.82, 2.24) is 14.6 Å². The van der Waals surface area contributed by atoms with Crippen LogP contribution in [-0.2, 0) is 11.2 Å². The Labute approximate surface area is 117 Å². The first-order chi connectivity index (χ1) is 9.29. The van der Waals surface area contributed by atoms with Gasteiger partial charge in [-0.3, -0.25) is 0 Å². The number of imidazole rings is 1. The van der Waals surface area contributed by atoms with E-state index in [0.29, 0.717) is 5.88 Å². The van der Waals surface area contributed by atoms with Gasteiger partial charge < -0.3 is 9.75 Å². The summed E-state index contributed by atoms with van der Waals surface area (Å²) >= 11 is 5.89. The molecule has 1 fully saturated rings. The monoisotopic (exact) mass is 280 g/mol. The molecule has 5 nitrogen and oxygen atoms in total. The van der Waals surface area contributed by atoms with Crippen molar-refractivity contribution in [1.29, 1.82) is 0 Å². The fourth-order valence-corrected chi connectivity index (χ4v) is 2.55. The molecule has 0 unspecified atom stereocenters. The highest BCUT2D eigenvalue weighted by atomic mass is 35.5. The zero-order valence-electron chi connectivity index (χ0n) is 11.0. The van der Waals surface area contributed by atoms with Crippen LogP contribution in [0.1, 0.15) is 11.5 Å². The molecule has 0 atom stereocenters. The van der Waals surface area contributed by atoms with Crippen LogP contribution in [-0.4, -0.2) is 46.8 Å². The van der Waals surface area contributed by atoms with E-state index in [4.69, 9.17) is 16.3 Å². The zero-order valence-corrected chi connectivity index (χ0v) is 11.7. The summed E-state index contributed by atoms with van der Waals surface area (Å²) in [5.41, 5.74) is 2.85. The maximum absolute atomic E-state index is 5.89. The lowest BCUT2D eigenvalue weighted by Crippen LogP contribution is -2.44. The van der Waals surface area contributed by atoms with Crippen LogP contribution in [0.5, 0.6) is 0 Å². The molecule has 3 rings (SSSR count). The predicted octanol–water partition coefficient (Wildman–Crippen LogP) is 1.49. The van der Waals surface area contributed by atoms with E-state index in [-0.39, 0.29) is 0 Å². The highest BCUT2D eigenvalue weighted by Crippen LogP contribution is 2.17. The van der Waals surface area contributed by atoms with Gasteiger partial charge in [-0.05, 0) is 19.1 Å². The lowest BCUT2D eigenvalue weighted by molar-refractivity contribution is 0.111. The van der Waals surface area contributed by atoms with E-state index in [9.17, 15) is 0 Å². The summed E-state index contributed by atoms with van der Waals surface area (Å²) in [6, 6.07) is 4.01. The van der Waals surface area contributed by atoms with E-state index in [1.54, 1.807) is 0 Å². The number of aryl methyl sites for hydroxylation is 2. The first kappa shape index (κ1) is 12.7. The molecule has 0 spiro atoms. The molecule has 0 saturated carbocycles. The molecule has 0 amide bonds. The molecule has 0 N–H and O–H groups in total. The van der Waals surface area contributed by atoms with Crippen LogP contribution in [0.4, 0.5) is 0 Å². The Morgan fingerprint density at radius 1 is 1.26 bits per heavy atom. The molecule has 0 aromatic carbocycles. The van der Waals surface area contributed by atoms with Crippen molar-refractivity contribution in [2.45, 2.75) is 13.3 Å². The average molecular weight is 281 g/mol. The number of alkyl halides is 1. The van der Waals surface area contributed by atoms with Crippen LogP contribution < -0.4 is 5.01 Å². The van der Waals surface area contributed by atoms with Gasteiger partial charge in [-0.25, -0.2) is 14.6 Å². The minimum absolute atomic E-state index is 0.562. The molecule has 2 aromatic rings. The Hall–Kier alpha value is -1.33. The standard InChI is InChI=1S/C13H17ClN4O/c1-10-2-3-11-13(15-10)18(12(16-11)4-5-14)17-6-8-19-9-7-17/h2-3H,4-9H2,1H3. The topological polar surface area (TPSA) is 43.2 Å². The van der Waals surface area contributed by atoms with E-state index < -0.39 is 0 Å². The molecule has 0 radical (unpaired) electrons. The maximum atomic E-state index is 5.89. The fourth-order valence-electron chi connectivity index (χ4n) is 2.38. The number of hydrogen-bond acceptors (Lipinski definition) is 4. The molecule has 2 aromatic heterocycles. The average Bonchev–Trinajstić information content (AvgIpc) is 2.77. The molecule has 6 heteroatoms. The normalized spacial score (nSPS) is 16.2. The molecular weight excluding hydrogens is 264 g/mol. The largest absolute Gasteiger partial charge is 0.378 e. The van der Waals surface area contributed by atoms with Crippen molar-refractivity contribution < 1.29 is 4.74 Å². The van der Waals surface area contributed by atoms with Crippen LogP contribution in [0.25, 0.3) is 11.2 Å². The zero-order chi connectivity index (χ0) is 13.2. The van der Waals surface area contributed by atoms with E-state index in [1.165, 1.54) is 0 Å². The Morgan fingerprint density at radius 2 is 2.05 bits per heavy atom. The minimum Gasteiger partial charge on any atom is -0.378 e. The second-order valence-corrected chi connectivity index (χ2v) is 5.02. The quantitative estimate of drug-likeness (QED) is 0.799. The fraction of sp³-hybridized carbons (Fsp3) is 0.538. The summed E-state index contributed by atoms with van der Waals surface area (Å²) in [6.45, 7) is 5.20. The minimum atomic E-state index is 0.562. The van der Waals surface area contributed by atoms with E-state index in [1.807, 2.05) is 19.1 Å². The van der Waals surface area contributed by atoms with Crippen molar-refractivity contribution in [3.63, 3.8) is 0 Å². The number of aromatic nitrogens is 3. The molecule has 0 bridgehead atoms. The number of fused-ring (bicyclic) bond motifs is 1. The second-order valence-electron chi connectivity index (χ2n) is 4.64. The number of rotatable bonds is 3. The Kier molecular flexibility index (Phi) is 3.57. The van der Waals surface area contributed by atoms with Gasteiger partial charge in [0, 0.05) is 18.0 Å². The molecule has 0 aliphatic carbocycles. The number of morpholine rings is 1. The molecule has 19 heavy (non-hydrogen) atoms. The van der Waals surface area contributed by atoms with Crippen LogP contribution in [0.15, 0.2) is 12.1 Å². The molecule has 3 heterocycles. The van der Waals surface area contributed by atoms with Gasteiger partial charge in [0.05, 0.1) is 26.3 Å². The number of hydrogen-bond donors (Lipinski definition) is 0. The first-order valence-electron chi connectivity index (χ1n) is 6.53. The van der Waals surface area contributed by atoms with Gasteiger partial charge in [-0.15, -0.1) is 11.6 Å². The van der Waals surface area contributed by atoms with Crippen LogP contribution in [0, 0.1) is 6.92 Å². The Bertz CT molecular complexity index is 577. The smallest absolute Gasteiger partial charge is 0.179 e. The highest BCUT2D eigenvalue weighted by molar-refractivity contribution is 6.17. The third-order valence-electron chi connectivity index (χ3n) is 3.28. The third-order valence-corrected chi connectivity index (χ3v) is 3.47. The number of halogens is 1. The molecule has 1 aliphatic rings. The van der Waals surface area contributed by atoms with Gasteiger partial charge in [0.1, 0.15) is 11.3 Å². The van der Waals surface area contributed by atoms with Crippen molar-refractivity contribution >= 4 is 22.8 Å². The van der Waals surface area contributed by atoms with Gasteiger partial charge in [-0.2, -0.15) is 0 Å². The van der Waals surface area contributed by atoms with Crippen molar-refractivity contribution in [3.8, 4) is 0 Å². The lowest BCUT2D eigenvalue weighted by atomic mass is 10.3. The van der Waals surface area contributed by atoms with E-state index in [2.05, 4.69) is 19.7 Å². The summed E-state index contributed by atoms with van der Waals surface area (Å²) in [5, 5.41) is 2.24. The predicted molar refractivity (Wildman–Crippen MR) is 75.5 cm³/mol. The van der Waals surface area contributed by atoms with Gasteiger partial charge >= 0.3 is 0 Å². The van der Waals surface area contributed by atoms with E-state index in [0.717, 1.165) is 55.4 Å². The van der Waals surface area contributed by atoms with Crippen LogP contribution in [0.3, 0.4) is 0 Å². The van der Waals surface area contributed by atoms with Gasteiger partial charge in [-0.1, -0.05) is 0 Å². The van der Waals surface area contributed by atoms with E-state index >= 15 is 0 Å². The maximum Gasteiger partial charge on any atom is 0.179 e. The summed E-state index contributed by atoms with van der Waals surface area (Å²) < 4.78 is 7.53. The van der Waals surface area contributed by atoms with Crippen molar-refractivity contribution in [2.75, 3.05) is 37.2 Å². The van der Waals surface area contributed by atoms with Gasteiger partial charge in [0.2, 0.25) is 0 Å². The van der Waals surface area contributed by atoms with Gasteiger partial charge in [0.15, 0.2) is 5.65 Å². The summed E-state index contributed by atoms with van der Waals surface area (Å²) in [5.74, 6) is 1.54. The van der Waals surface area contributed by atoms with Gasteiger partial charge in [0.25, 0.3) is 0 Å². The molecule has 102 valence electrons. The SMILES string of the molecule is Cc1ccc2nc(CCCl)n(N3CCOCC3)c2n1. The highest BCUT2D eigenvalue weighted by Gasteiger charge is 2.19. The Morgan fingerprint density at radius 3 is 2.79 bits per heavy atom. The molecule has 1 saturated heterocycles. The van der Waals surface area contributed by atoms with Crippen molar-refractivity contribution in [2.24, 2.45) is 0 Å². The second kappa shape index (κ2) is 5.35. The Balaban J connectivity index is 2.11. The third kappa shape index (κ3) is 2.40. The summed E-state index contributed by atoms with van der Waals surface area (Å²) in [4.78, 5) is 9.28. The van der Waals surface area contributed by atoms with Crippen LogP contribution in [0.2, 0.25) is 0 Å². The summed E-state index contributed by atoms with van der Waals surface area (Å²) in [7, 11) is 0. The summed E-state index contributed by atoms with van der Waals surface area (Å²) in [6.07, 6.45) is 0.744.